The summed E-state index contributed by atoms with van der Waals surface area (Å²) in [6.07, 6.45) is 0.404. The molecule has 0 rings (SSSR count). The van der Waals surface area contributed by atoms with Gasteiger partial charge in [-0.3, -0.25) is 5.41 Å². The third-order valence-electron chi connectivity index (χ3n) is 1.07. The summed E-state index contributed by atoms with van der Waals surface area (Å²) in [6.45, 7) is 2.83. The average molecular weight is 205 g/mol. The van der Waals surface area contributed by atoms with E-state index in [1.165, 1.54) is 11.8 Å². The van der Waals surface area contributed by atoms with Gasteiger partial charge in [-0.1, -0.05) is 18.7 Å². The molecule has 0 saturated heterocycles. The van der Waals surface area contributed by atoms with E-state index >= 15 is 0 Å². The molecule has 76 valence electrons. The van der Waals surface area contributed by atoms with E-state index in [0.717, 1.165) is 6.42 Å². The van der Waals surface area contributed by atoms with Crippen LogP contribution in [0.1, 0.15) is 13.3 Å². The Kier molecular flexibility index (Phi) is 7.18. The minimum Gasteiger partial charge on any atom is -0.450 e. The topological polar surface area (TPSA) is 88.2 Å². The van der Waals surface area contributed by atoms with Crippen LogP contribution in [0, 0.1) is 5.41 Å². The molecule has 13 heavy (non-hydrogen) atoms. The molecule has 4 N–H and O–H groups in total. The Morgan fingerprint density at radius 3 is 2.92 bits per heavy atom. The molecule has 0 aromatic rings. The van der Waals surface area contributed by atoms with E-state index in [-0.39, 0.29) is 5.17 Å². The number of ether oxygens (including phenoxy) is 1. The highest BCUT2D eigenvalue weighted by Gasteiger charge is 1.99. The number of carbonyl (C=O) groups excluding carboxylic acids is 1. The van der Waals surface area contributed by atoms with Gasteiger partial charge in [-0.25, -0.2) is 4.79 Å². The fourth-order valence-electron chi connectivity index (χ4n) is 0.560. The first kappa shape index (κ1) is 12.1. The second-order valence-electron chi connectivity index (χ2n) is 2.28. The number of thioether (sulfide) groups is 1. The summed E-state index contributed by atoms with van der Waals surface area (Å²) in [4.78, 5) is 10.8. The summed E-state index contributed by atoms with van der Waals surface area (Å²) in [5.74, 6) is 0.594. The predicted molar refractivity (Wildman–Crippen MR) is 54.0 cm³/mol. The van der Waals surface area contributed by atoms with E-state index in [4.69, 9.17) is 15.9 Å². The normalized spacial score (nSPS) is 9.31. The lowest BCUT2D eigenvalue weighted by Gasteiger charge is -2.04. The van der Waals surface area contributed by atoms with Gasteiger partial charge in [0.15, 0.2) is 5.17 Å². The number of hydrogen-bond donors (Lipinski definition) is 3. The average Bonchev–Trinajstić information content (AvgIpc) is 2.08. The maximum atomic E-state index is 10.8. The maximum absolute atomic E-state index is 10.8. The molecule has 0 aliphatic rings. The second-order valence-corrected chi connectivity index (χ2v) is 3.41. The molecule has 0 heterocycles. The van der Waals surface area contributed by atoms with Crippen molar-refractivity contribution in [1.29, 1.82) is 5.41 Å². The van der Waals surface area contributed by atoms with Crippen molar-refractivity contribution in [2.24, 2.45) is 5.73 Å². The summed E-state index contributed by atoms with van der Waals surface area (Å²) in [6, 6.07) is 0. The van der Waals surface area contributed by atoms with Gasteiger partial charge in [-0.2, -0.15) is 0 Å². The summed E-state index contributed by atoms with van der Waals surface area (Å²) in [5.41, 5.74) is 5.09. The molecule has 0 aromatic heterocycles. The second kappa shape index (κ2) is 7.72. The van der Waals surface area contributed by atoms with Gasteiger partial charge in [-0.05, 0) is 6.42 Å². The van der Waals surface area contributed by atoms with E-state index in [1.54, 1.807) is 0 Å². The number of nitrogens with two attached hydrogens (primary N) is 1. The molecule has 1 amide bonds. The van der Waals surface area contributed by atoms with Gasteiger partial charge in [0.05, 0.1) is 6.61 Å². The molecule has 0 radical (unpaired) electrons. The van der Waals surface area contributed by atoms with Gasteiger partial charge in [0.2, 0.25) is 0 Å². The van der Waals surface area contributed by atoms with Crippen LogP contribution in [0.2, 0.25) is 0 Å². The van der Waals surface area contributed by atoms with Crippen molar-refractivity contribution in [2.45, 2.75) is 13.3 Å². The summed E-state index contributed by atoms with van der Waals surface area (Å²) < 4.78 is 4.75. The minimum absolute atomic E-state index is 0.0590. The first-order chi connectivity index (χ1) is 6.16. The Morgan fingerprint density at radius 2 is 2.38 bits per heavy atom. The third kappa shape index (κ3) is 9.00. The van der Waals surface area contributed by atoms with Gasteiger partial charge >= 0.3 is 6.09 Å². The highest BCUT2D eigenvalue weighted by atomic mass is 32.2. The van der Waals surface area contributed by atoms with Crippen LogP contribution in [0.3, 0.4) is 0 Å². The molecule has 0 fully saturated rings. The molecule has 0 atom stereocenters. The fraction of sp³-hybridized carbons (Fsp3) is 0.714. The van der Waals surface area contributed by atoms with Crippen LogP contribution in [-0.2, 0) is 4.74 Å². The van der Waals surface area contributed by atoms with Crippen LogP contribution in [0.4, 0.5) is 4.79 Å². The van der Waals surface area contributed by atoms with Crippen molar-refractivity contribution in [1.82, 2.24) is 5.32 Å². The van der Waals surface area contributed by atoms with Crippen LogP contribution in [0.25, 0.3) is 0 Å². The summed E-state index contributed by atoms with van der Waals surface area (Å²) in [7, 11) is 0. The Morgan fingerprint density at radius 1 is 1.69 bits per heavy atom. The van der Waals surface area contributed by atoms with E-state index in [2.05, 4.69) is 5.32 Å². The van der Waals surface area contributed by atoms with Crippen molar-refractivity contribution in [3.63, 3.8) is 0 Å². The zero-order chi connectivity index (χ0) is 10.1. The van der Waals surface area contributed by atoms with Gasteiger partial charge in [0.1, 0.15) is 0 Å². The molecule has 5 nitrogen and oxygen atoms in total. The van der Waals surface area contributed by atoms with Crippen molar-refractivity contribution in [2.75, 3.05) is 18.9 Å². The Balaban J connectivity index is 3.22. The van der Waals surface area contributed by atoms with Gasteiger partial charge in [-0.15, -0.1) is 0 Å². The molecular weight excluding hydrogens is 190 g/mol. The van der Waals surface area contributed by atoms with E-state index in [0.29, 0.717) is 18.9 Å². The van der Waals surface area contributed by atoms with Gasteiger partial charge in [0, 0.05) is 12.3 Å². The van der Waals surface area contributed by atoms with E-state index < -0.39 is 6.09 Å². The van der Waals surface area contributed by atoms with Crippen LogP contribution >= 0.6 is 11.8 Å². The zero-order valence-corrected chi connectivity index (χ0v) is 8.45. The highest BCUT2D eigenvalue weighted by Crippen LogP contribution is 1.94. The number of nitrogens with one attached hydrogen (secondary N) is 2. The number of amidine groups is 1. The first-order valence-corrected chi connectivity index (χ1v) is 5.02. The quantitative estimate of drug-likeness (QED) is 0.351. The highest BCUT2D eigenvalue weighted by molar-refractivity contribution is 8.13. The fourth-order valence-corrected chi connectivity index (χ4v) is 0.984. The molecule has 0 saturated carbocycles. The number of hydrogen-bond acceptors (Lipinski definition) is 4. The summed E-state index contributed by atoms with van der Waals surface area (Å²) in [5, 5.41) is 9.49. The Labute approximate surface area is 81.9 Å². The van der Waals surface area contributed by atoms with Gasteiger partial charge < -0.3 is 15.8 Å². The minimum atomic E-state index is -0.411. The first-order valence-electron chi connectivity index (χ1n) is 4.04. The third-order valence-corrected chi connectivity index (χ3v) is 1.79. The Hall–Kier alpha value is -0.910. The van der Waals surface area contributed by atoms with Crippen molar-refractivity contribution in [3.05, 3.63) is 0 Å². The maximum Gasteiger partial charge on any atom is 0.407 e. The number of carbonyl (C=O) groups is 1. The largest absolute Gasteiger partial charge is 0.450 e. The molecule has 0 aromatic carbocycles. The smallest absolute Gasteiger partial charge is 0.407 e. The van der Waals surface area contributed by atoms with Gasteiger partial charge in [0.25, 0.3) is 0 Å². The lowest BCUT2D eigenvalue weighted by molar-refractivity contribution is 0.147. The van der Waals surface area contributed by atoms with E-state index in [9.17, 15) is 4.79 Å². The molecule has 0 aliphatic heterocycles. The van der Waals surface area contributed by atoms with Crippen molar-refractivity contribution < 1.29 is 9.53 Å². The van der Waals surface area contributed by atoms with E-state index in [1.807, 2.05) is 6.92 Å². The lowest BCUT2D eigenvalue weighted by Crippen LogP contribution is -2.27. The molecule has 0 unspecified atom stereocenters. The summed E-state index contributed by atoms with van der Waals surface area (Å²) >= 11 is 1.19. The van der Waals surface area contributed by atoms with Crippen LogP contribution in [0.5, 0.6) is 0 Å². The van der Waals surface area contributed by atoms with Crippen molar-refractivity contribution >= 4 is 23.0 Å². The monoisotopic (exact) mass is 205 g/mol. The standard InChI is InChI=1S/C7H15N3O2S/c1-2-4-12-7(11)10-3-5-13-6(8)9/h2-5H2,1H3,(H3,8,9)(H,10,11). The molecule has 0 bridgehead atoms. The SMILES string of the molecule is CCCOC(=O)NCCSC(=N)N. The van der Waals surface area contributed by atoms with Crippen molar-refractivity contribution in [3.8, 4) is 0 Å². The molecular formula is C7H15N3O2S. The molecule has 0 spiro atoms. The number of amides is 1. The number of alkyl carbamates (subject to hydrolysis) is 1. The predicted octanol–water partition coefficient (Wildman–Crippen LogP) is 0.749. The molecule has 0 aliphatic carbocycles. The lowest BCUT2D eigenvalue weighted by atomic mass is 10.5. The zero-order valence-electron chi connectivity index (χ0n) is 7.63. The van der Waals surface area contributed by atoms with Crippen LogP contribution in [-0.4, -0.2) is 30.2 Å². The Bertz CT molecular complexity index is 175. The number of rotatable bonds is 5. The van der Waals surface area contributed by atoms with Crippen LogP contribution in [0.15, 0.2) is 0 Å². The van der Waals surface area contributed by atoms with Crippen LogP contribution < -0.4 is 11.1 Å². The molecule has 6 heteroatoms.